The second-order valence-electron chi connectivity index (χ2n) is 7.99. The molecule has 27 heavy (non-hydrogen) atoms. The average molecular weight is 372 g/mol. The maximum Gasteiger partial charge on any atom is 0.325 e. The topological polar surface area (TPSA) is 66.4 Å². The third kappa shape index (κ3) is 7.81. The molecule has 0 aliphatic heterocycles. The fraction of sp³-hybridized carbons (Fsp3) is 0.478. The maximum atomic E-state index is 11.7. The Hall–Kier alpha value is -2.36. The van der Waals surface area contributed by atoms with Crippen molar-refractivity contribution in [3.05, 3.63) is 58.7 Å². The van der Waals surface area contributed by atoms with E-state index < -0.39 is 17.9 Å². The highest BCUT2D eigenvalue weighted by Crippen LogP contribution is 2.40. The molecular formula is C23H33NO3. The molecule has 0 saturated carbocycles. The van der Waals surface area contributed by atoms with E-state index in [0.29, 0.717) is 0 Å². The van der Waals surface area contributed by atoms with Crippen LogP contribution in [0.15, 0.2) is 58.7 Å². The Morgan fingerprint density at radius 3 is 2.44 bits per heavy atom. The first kappa shape index (κ1) is 22.7. The Morgan fingerprint density at radius 2 is 1.85 bits per heavy atom. The molecule has 0 aromatic carbocycles. The molecule has 1 unspecified atom stereocenters. The molecule has 0 fully saturated rings. The highest BCUT2D eigenvalue weighted by Gasteiger charge is 2.26. The zero-order valence-corrected chi connectivity index (χ0v) is 17.4. The number of carboxylic acid groups (broad SMARTS) is 1. The lowest BCUT2D eigenvalue weighted by Crippen LogP contribution is -2.37. The average Bonchev–Trinajstić information content (AvgIpc) is 2.53. The summed E-state index contributed by atoms with van der Waals surface area (Å²) in [6, 6.07) is -0.903. The normalized spacial score (nSPS) is 19.6. The van der Waals surface area contributed by atoms with Crippen LogP contribution in [0, 0.1) is 5.41 Å². The Labute approximate surface area is 163 Å². The van der Waals surface area contributed by atoms with E-state index in [9.17, 15) is 9.59 Å². The Morgan fingerprint density at radius 1 is 1.19 bits per heavy atom. The van der Waals surface area contributed by atoms with E-state index in [4.69, 9.17) is 5.11 Å². The first-order chi connectivity index (χ1) is 12.5. The van der Waals surface area contributed by atoms with Crippen LogP contribution in [0.2, 0.25) is 0 Å². The second kappa shape index (κ2) is 10.1. The maximum absolute atomic E-state index is 11.7. The summed E-state index contributed by atoms with van der Waals surface area (Å²) in [5, 5.41) is 11.2. The van der Waals surface area contributed by atoms with Crippen molar-refractivity contribution in [3.8, 4) is 0 Å². The summed E-state index contributed by atoms with van der Waals surface area (Å²) in [4.78, 5) is 22.5. The molecule has 4 nitrogen and oxygen atoms in total. The van der Waals surface area contributed by atoms with Crippen molar-refractivity contribution in [2.24, 2.45) is 5.41 Å². The number of rotatable bonds is 7. The molecule has 4 heteroatoms. The minimum Gasteiger partial charge on any atom is -0.480 e. The number of nitrogens with one attached hydrogen (secondary N) is 1. The first-order valence-electron chi connectivity index (χ1n) is 9.48. The SMILES string of the molecule is CC1=C(/C=C/C(C)=C/C=C/C(C)=C\C(=O)NC(C)C(=O)O)C(C)(C)CCC1. The third-order valence-corrected chi connectivity index (χ3v) is 4.86. The van der Waals surface area contributed by atoms with Gasteiger partial charge in [0.15, 0.2) is 0 Å². The highest BCUT2D eigenvalue weighted by molar-refractivity contribution is 5.91. The summed E-state index contributed by atoms with van der Waals surface area (Å²) in [6.45, 7) is 12.1. The molecular weight excluding hydrogens is 338 g/mol. The van der Waals surface area contributed by atoms with Crippen molar-refractivity contribution < 1.29 is 14.7 Å². The minimum absolute atomic E-state index is 0.231. The van der Waals surface area contributed by atoms with Crippen molar-refractivity contribution in [1.29, 1.82) is 0 Å². The molecule has 1 aliphatic carbocycles. The van der Waals surface area contributed by atoms with Crippen LogP contribution in [0.25, 0.3) is 0 Å². The van der Waals surface area contributed by atoms with Crippen LogP contribution in [0.1, 0.15) is 60.8 Å². The predicted octanol–water partition coefficient (Wildman–Crippen LogP) is 5.11. The van der Waals surface area contributed by atoms with Gasteiger partial charge in [0.05, 0.1) is 0 Å². The van der Waals surface area contributed by atoms with Gasteiger partial charge in [0, 0.05) is 6.08 Å². The van der Waals surface area contributed by atoms with Gasteiger partial charge in [-0.3, -0.25) is 9.59 Å². The van der Waals surface area contributed by atoms with Crippen molar-refractivity contribution >= 4 is 11.9 Å². The Kier molecular flexibility index (Phi) is 8.48. The molecule has 0 saturated heterocycles. The van der Waals surface area contributed by atoms with E-state index >= 15 is 0 Å². The van der Waals surface area contributed by atoms with Gasteiger partial charge in [-0.15, -0.1) is 0 Å². The molecule has 2 N–H and O–H groups in total. The van der Waals surface area contributed by atoms with E-state index in [-0.39, 0.29) is 5.41 Å². The quantitative estimate of drug-likeness (QED) is 0.483. The number of carbonyl (C=O) groups excluding carboxylic acids is 1. The second-order valence-corrected chi connectivity index (χ2v) is 7.99. The summed E-state index contributed by atoms with van der Waals surface area (Å²) in [6.07, 6.45) is 15.2. The van der Waals surface area contributed by atoms with Crippen LogP contribution in [-0.2, 0) is 9.59 Å². The summed E-state index contributed by atoms with van der Waals surface area (Å²) in [5.74, 6) is -1.46. The Bertz CT molecular complexity index is 718. The smallest absolute Gasteiger partial charge is 0.325 e. The molecule has 0 spiro atoms. The van der Waals surface area contributed by atoms with Crippen LogP contribution in [0.5, 0.6) is 0 Å². The first-order valence-corrected chi connectivity index (χ1v) is 9.48. The van der Waals surface area contributed by atoms with Crippen LogP contribution in [-0.4, -0.2) is 23.0 Å². The Balaban J connectivity index is 2.71. The zero-order chi connectivity index (χ0) is 20.6. The van der Waals surface area contributed by atoms with Crippen molar-refractivity contribution in [2.45, 2.75) is 66.8 Å². The van der Waals surface area contributed by atoms with Gasteiger partial charge in [-0.05, 0) is 63.5 Å². The number of carbonyl (C=O) groups is 2. The fourth-order valence-corrected chi connectivity index (χ4v) is 3.20. The molecule has 0 radical (unpaired) electrons. The van der Waals surface area contributed by atoms with Crippen molar-refractivity contribution in [2.75, 3.05) is 0 Å². The van der Waals surface area contributed by atoms with Gasteiger partial charge in [-0.1, -0.05) is 55.4 Å². The van der Waals surface area contributed by atoms with E-state index in [0.717, 1.165) is 11.1 Å². The van der Waals surface area contributed by atoms with Crippen molar-refractivity contribution in [3.63, 3.8) is 0 Å². The van der Waals surface area contributed by atoms with Crippen LogP contribution in [0.3, 0.4) is 0 Å². The summed E-state index contributed by atoms with van der Waals surface area (Å²) in [7, 11) is 0. The lowest BCUT2D eigenvalue weighted by atomic mass is 9.72. The number of hydrogen-bond donors (Lipinski definition) is 2. The lowest BCUT2D eigenvalue weighted by Gasteiger charge is -2.32. The molecule has 0 bridgehead atoms. The van der Waals surface area contributed by atoms with E-state index in [1.54, 1.807) is 6.92 Å². The van der Waals surface area contributed by atoms with Gasteiger partial charge in [-0.25, -0.2) is 0 Å². The summed E-state index contributed by atoms with van der Waals surface area (Å²) < 4.78 is 0. The predicted molar refractivity (Wildman–Crippen MR) is 111 cm³/mol. The molecule has 0 aromatic rings. The van der Waals surface area contributed by atoms with Gasteiger partial charge in [0.25, 0.3) is 0 Å². The molecule has 1 rings (SSSR count). The van der Waals surface area contributed by atoms with E-state index in [1.807, 2.05) is 25.2 Å². The van der Waals surface area contributed by atoms with Gasteiger partial charge >= 0.3 is 5.97 Å². The molecule has 0 heterocycles. The van der Waals surface area contributed by atoms with Crippen molar-refractivity contribution in [1.82, 2.24) is 5.32 Å². The van der Waals surface area contributed by atoms with E-state index in [2.05, 4.69) is 38.2 Å². The number of allylic oxidation sites excluding steroid dienone is 9. The van der Waals surface area contributed by atoms with Gasteiger partial charge < -0.3 is 10.4 Å². The monoisotopic (exact) mass is 371 g/mol. The molecule has 1 amide bonds. The van der Waals surface area contributed by atoms with E-state index in [1.165, 1.54) is 43.4 Å². The summed E-state index contributed by atoms with van der Waals surface area (Å²) >= 11 is 0. The highest BCUT2D eigenvalue weighted by atomic mass is 16.4. The molecule has 1 aliphatic rings. The largest absolute Gasteiger partial charge is 0.480 e. The van der Waals surface area contributed by atoms with Crippen LogP contribution in [0.4, 0.5) is 0 Å². The number of amides is 1. The number of aliphatic carboxylic acids is 1. The minimum atomic E-state index is -1.05. The lowest BCUT2D eigenvalue weighted by molar-refractivity contribution is -0.140. The molecule has 1 atom stereocenters. The van der Waals surface area contributed by atoms with Crippen LogP contribution < -0.4 is 5.32 Å². The summed E-state index contributed by atoms with van der Waals surface area (Å²) in [5.41, 5.74) is 5.03. The number of hydrogen-bond acceptors (Lipinski definition) is 2. The zero-order valence-electron chi connectivity index (χ0n) is 17.4. The standard InChI is InChI=1S/C23H33NO3/c1-16(12-13-20-18(3)11-8-14-23(20,5)6)9-7-10-17(2)15-21(25)24-19(4)22(26)27/h7,9-10,12-13,15,19H,8,11,14H2,1-6H3,(H,24,25)(H,26,27)/b10-7+,13-12+,16-9+,17-15-. The van der Waals surface area contributed by atoms with Gasteiger partial charge in [0.1, 0.15) is 6.04 Å². The number of carboxylic acids is 1. The van der Waals surface area contributed by atoms with Gasteiger partial charge in [0.2, 0.25) is 5.91 Å². The molecule has 148 valence electrons. The fourth-order valence-electron chi connectivity index (χ4n) is 3.20. The molecule has 0 aromatic heterocycles. The van der Waals surface area contributed by atoms with Gasteiger partial charge in [-0.2, -0.15) is 0 Å². The third-order valence-electron chi connectivity index (χ3n) is 4.86. The van der Waals surface area contributed by atoms with Crippen LogP contribution >= 0.6 is 0 Å².